The Balaban J connectivity index is 2.96. The summed E-state index contributed by atoms with van der Waals surface area (Å²) in [5, 5.41) is 17.3. The molecular weight excluding hydrogens is 303 g/mol. The summed E-state index contributed by atoms with van der Waals surface area (Å²) in [6.07, 6.45) is -6.69. The Morgan fingerprint density at radius 3 is 2.45 bits per heavy atom. The molecule has 1 atom stereocenters. The number of rotatable bonds is 5. The summed E-state index contributed by atoms with van der Waals surface area (Å²) in [5.74, 6) is -1.66. The topological polar surface area (TPSA) is 104 Å². The van der Waals surface area contributed by atoms with Crippen LogP contribution in [0.1, 0.15) is 5.56 Å². The second kappa shape index (κ2) is 5.77. The lowest BCUT2D eigenvalue weighted by Gasteiger charge is -2.11. The van der Waals surface area contributed by atoms with E-state index < -0.39 is 45.3 Å². The van der Waals surface area contributed by atoms with Gasteiger partial charge in [0.1, 0.15) is 0 Å². The Bertz CT molecular complexity index is 599. The van der Waals surface area contributed by atoms with Crippen molar-refractivity contribution in [3.05, 3.63) is 29.8 Å². The summed E-state index contributed by atoms with van der Waals surface area (Å²) in [5.41, 5.74) is -1.15. The average molecular weight is 313 g/mol. The molecule has 0 saturated carbocycles. The molecule has 1 rings (SSSR count). The number of hydrogen-bond donors (Lipinski definition) is 3. The van der Waals surface area contributed by atoms with E-state index in [0.29, 0.717) is 12.1 Å². The van der Waals surface area contributed by atoms with E-state index in [2.05, 4.69) is 0 Å². The van der Waals surface area contributed by atoms with Gasteiger partial charge in [0.15, 0.2) is 6.10 Å². The average Bonchev–Trinajstić information content (AvgIpc) is 2.35. The van der Waals surface area contributed by atoms with E-state index >= 15 is 0 Å². The Kier molecular flexibility index (Phi) is 4.73. The van der Waals surface area contributed by atoms with Gasteiger partial charge in [0, 0.05) is 6.54 Å². The minimum atomic E-state index is -4.70. The van der Waals surface area contributed by atoms with Crippen LogP contribution in [0.3, 0.4) is 0 Å². The summed E-state index contributed by atoms with van der Waals surface area (Å²) in [7, 11) is -4.34. The van der Waals surface area contributed by atoms with Gasteiger partial charge in [0.2, 0.25) is 10.0 Å². The standard InChI is InChI=1S/C10H10F3NO5S/c11-10(12,13)6-2-1-3-7(4-6)20(18,19)14-5-8(15)9(16)17/h1-4,8,14-15H,5H2,(H,16,17)/t8-/m0/s1. The van der Waals surface area contributed by atoms with Gasteiger partial charge in [-0.3, -0.25) is 0 Å². The summed E-state index contributed by atoms with van der Waals surface area (Å²) in [4.78, 5) is 9.63. The van der Waals surface area contributed by atoms with E-state index in [4.69, 9.17) is 10.2 Å². The third kappa shape index (κ3) is 4.18. The van der Waals surface area contributed by atoms with Crippen LogP contribution in [-0.4, -0.2) is 37.2 Å². The molecule has 112 valence electrons. The highest BCUT2D eigenvalue weighted by Crippen LogP contribution is 2.30. The van der Waals surface area contributed by atoms with Crippen molar-refractivity contribution in [3.8, 4) is 0 Å². The molecule has 0 unspecified atom stereocenters. The molecule has 3 N–H and O–H groups in total. The van der Waals surface area contributed by atoms with Crippen molar-refractivity contribution in [2.45, 2.75) is 17.2 Å². The first-order chi connectivity index (χ1) is 9.04. The summed E-state index contributed by atoms with van der Waals surface area (Å²) in [6, 6.07) is 2.94. The molecule has 20 heavy (non-hydrogen) atoms. The molecule has 0 radical (unpaired) electrons. The van der Waals surface area contributed by atoms with Gasteiger partial charge in [0.05, 0.1) is 10.5 Å². The van der Waals surface area contributed by atoms with Crippen LogP contribution in [0.4, 0.5) is 13.2 Å². The van der Waals surface area contributed by atoms with Gasteiger partial charge in [-0.05, 0) is 18.2 Å². The second-order valence-electron chi connectivity index (χ2n) is 3.73. The lowest BCUT2D eigenvalue weighted by Crippen LogP contribution is -2.36. The zero-order valence-electron chi connectivity index (χ0n) is 9.76. The fourth-order valence-electron chi connectivity index (χ4n) is 1.20. The molecule has 1 aromatic rings. The summed E-state index contributed by atoms with van der Waals surface area (Å²) >= 11 is 0. The first-order valence-corrected chi connectivity index (χ1v) is 6.60. The number of aliphatic hydroxyl groups is 1. The number of benzene rings is 1. The maximum Gasteiger partial charge on any atom is 0.416 e. The van der Waals surface area contributed by atoms with Crippen molar-refractivity contribution in [2.24, 2.45) is 0 Å². The third-order valence-corrected chi connectivity index (χ3v) is 3.64. The van der Waals surface area contributed by atoms with Crippen molar-refractivity contribution in [1.82, 2.24) is 4.72 Å². The van der Waals surface area contributed by atoms with Crippen molar-refractivity contribution in [3.63, 3.8) is 0 Å². The first kappa shape index (κ1) is 16.4. The van der Waals surface area contributed by atoms with Gasteiger partial charge in [-0.25, -0.2) is 17.9 Å². The predicted molar refractivity (Wildman–Crippen MR) is 60.3 cm³/mol. The number of carbonyl (C=O) groups is 1. The Labute approximate surface area is 111 Å². The molecule has 1 aromatic carbocycles. The first-order valence-electron chi connectivity index (χ1n) is 5.12. The fourth-order valence-corrected chi connectivity index (χ4v) is 2.28. The number of halogens is 3. The van der Waals surface area contributed by atoms with Crippen LogP contribution in [0.15, 0.2) is 29.2 Å². The molecule has 0 amide bonds. The molecule has 0 aliphatic rings. The SMILES string of the molecule is O=C(O)[C@@H](O)CNS(=O)(=O)c1cccc(C(F)(F)F)c1. The van der Waals surface area contributed by atoms with Crippen LogP contribution in [-0.2, 0) is 21.0 Å². The number of aliphatic hydroxyl groups excluding tert-OH is 1. The van der Waals surface area contributed by atoms with E-state index in [-0.39, 0.29) is 0 Å². The number of carboxylic acid groups (broad SMARTS) is 1. The van der Waals surface area contributed by atoms with Gasteiger partial charge in [0.25, 0.3) is 0 Å². The molecule has 0 heterocycles. The lowest BCUT2D eigenvalue weighted by atomic mass is 10.2. The highest BCUT2D eigenvalue weighted by atomic mass is 32.2. The van der Waals surface area contributed by atoms with Crippen molar-refractivity contribution in [1.29, 1.82) is 0 Å². The zero-order chi connectivity index (χ0) is 15.6. The minimum Gasteiger partial charge on any atom is -0.479 e. The van der Waals surface area contributed by atoms with E-state index in [0.717, 1.165) is 12.1 Å². The number of nitrogens with one attached hydrogen (secondary N) is 1. The van der Waals surface area contributed by atoms with Crippen molar-refractivity contribution >= 4 is 16.0 Å². The zero-order valence-corrected chi connectivity index (χ0v) is 10.6. The van der Waals surface area contributed by atoms with Crippen LogP contribution in [0.5, 0.6) is 0 Å². The predicted octanol–water partition coefficient (Wildman–Crippen LogP) is 0.429. The normalized spacial score (nSPS) is 14.0. The maximum atomic E-state index is 12.4. The van der Waals surface area contributed by atoms with Crippen molar-refractivity contribution in [2.75, 3.05) is 6.54 Å². The number of hydrogen-bond acceptors (Lipinski definition) is 4. The molecule has 0 bridgehead atoms. The van der Waals surface area contributed by atoms with E-state index in [1.54, 1.807) is 4.72 Å². The minimum absolute atomic E-state index is 0.412. The van der Waals surface area contributed by atoms with Gasteiger partial charge >= 0.3 is 12.1 Å². The van der Waals surface area contributed by atoms with E-state index in [1.165, 1.54) is 0 Å². The Morgan fingerprint density at radius 2 is 1.95 bits per heavy atom. The number of alkyl halides is 3. The van der Waals surface area contributed by atoms with Gasteiger partial charge in [-0.1, -0.05) is 6.07 Å². The quantitative estimate of drug-likeness (QED) is 0.731. The highest BCUT2D eigenvalue weighted by Gasteiger charge is 2.31. The largest absolute Gasteiger partial charge is 0.479 e. The van der Waals surface area contributed by atoms with Gasteiger partial charge in [-0.15, -0.1) is 0 Å². The second-order valence-corrected chi connectivity index (χ2v) is 5.50. The number of carboxylic acids is 1. The molecule has 0 spiro atoms. The molecular formula is C10H10F3NO5S. The van der Waals surface area contributed by atoms with Crippen LogP contribution < -0.4 is 4.72 Å². The van der Waals surface area contributed by atoms with E-state index in [1.807, 2.05) is 0 Å². The third-order valence-electron chi connectivity index (χ3n) is 2.22. The Morgan fingerprint density at radius 1 is 1.35 bits per heavy atom. The molecule has 10 heteroatoms. The fraction of sp³-hybridized carbons (Fsp3) is 0.300. The molecule has 0 fully saturated rings. The van der Waals surface area contributed by atoms with Crippen molar-refractivity contribution < 1.29 is 36.6 Å². The monoisotopic (exact) mass is 313 g/mol. The van der Waals surface area contributed by atoms with Crippen LogP contribution in [0.2, 0.25) is 0 Å². The summed E-state index contributed by atoms with van der Waals surface area (Å²) < 4.78 is 62.3. The Hall–Kier alpha value is -1.65. The van der Waals surface area contributed by atoms with Gasteiger partial charge in [-0.2, -0.15) is 13.2 Å². The number of aliphatic carboxylic acids is 1. The maximum absolute atomic E-state index is 12.4. The molecule has 6 nitrogen and oxygen atoms in total. The van der Waals surface area contributed by atoms with Crippen LogP contribution >= 0.6 is 0 Å². The summed E-state index contributed by atoms with van der Waals surface area (Å²) in [6.45, 7) is -0.853. The lowest BCUT2D eigenvalue weighted by molar-refractivity contribution is -0.146. The van der Waals surface area contributed by atoms with Crippen LogP contribution in [0, 0.1) is 0 Å². The van der Waals surface area contributed by atoms with Crippen LogP contribution in [0.25, 0.3) is 0 Å². The molecule has 0 aromatic heterocycles. The number of sulfonamides is 1. The molecule has 0 aliphatic heterocycles. The van der Waals surface area contributed by atoms with E-state index in [9.17, 15) is 26.4 Å². The smallest absolute Gasteiger partial charge is 0.416 e. The van der Waals surface area contributed by atoms with Gasteiger partial charge < -0.3 is 10.2 Å². The molecule has 0 saturated heterocycles. The molecule has 0 aliphatic carbocycles. The highest BCUT2D eigenvalue weighted by molar-refractivity contribution is 7.89.